The van der Waals surface area contributed by atoms with Gasteiger partial charge in [0.2, 0.25) is 5.91 Å². The van der Waals surface area contributed by atoms with Crippen LogP contribution in [-0.2, 0) is 11.3 Å². The molecule has 0 atom stereocenters. The molecule has 0 aliphatic carbocycles. The Labute approximate surface area is 163 Å². The standard InChI is InChI=1S/C20H24FN5O2/c1-25(20(28)15-7-3-4-8-16(15)21)14-19(27)23-13-17-22-10-9-18(24-17)26-11-5-2-6-12-26/h3-4,7-10H,2,5-6,11-14H2,1H3,(H,23,27). The molecule has 1 fully saturated rings. The van der Waals surface area contributed by atoms with Gasteiger partial charge in [-0.2, -0.15) is 0 Å². The monoisotopic (exact) mass is 385 g/mol. The van der Waals surface area contributed by atoms with Gasteiger partial charge in [-0.15, -0.1) is 0 Å². The minimum atomic E-state index is -0.609. The van der Waals surface area contributed by atoms with E-state index in [-0.39, 0.29) is 24.6 Å². The summed E-state index contributed by atoms with van der Waals surface area (Å²) in [6, 6.07) is 7.57. The number of halogens is 1. The predicted octanol–water partition coefficient (Wildman–Crippen LogP) is 1.99. The molecule has 2 heterocycles. The van der Waals surface area contributed by atoms with Crippen LogP contribution in [0.1, 0.15) is 35.4 Å². The van der Waals surface area contributed by atoms with Crippen LogP contribution in [0.3, 0.4) is 0 Å². The molecule has 0 bridgehead atoms. The highest BCUT2D eigenvalue weighted by molar-refractivity contribution is 5.96. The van der Waals surface area contributed by atoms with E-state index in [1.54, 1.807) is 12.3 Å². The molecule has 0 radical (unpaired) electrons. The maximum absolute atomic E-state index is 13.7. The highest BCUT2D eigenvalue weighted by atomic mass is 19.1. The molecule has 1 aromatic heterocycles. The summed E-state index contributed by atoms with van der Waals surface area (Å²) < 4.78 is 13.7. The van der Waals surface area contributed by atoms with Crippen molar-refractivity contribution in [3.63, 3.8) is 0 Å². The molecular formula is C20H24FN5O2. The van der Waals surface area contributed by atoms with E-state index in [0.29, 0.717) is 5.82 Å². The van der Waals surface area contributed by atoms with Crippen molar-refractivity contribution < 1.29 is 14.0 Å². The number of hydrogen-bond donors (Lipinski definition) is 1. The summed E-state index contributed by atoms with van der Waals surface area (Å²) in [6.45, 7) is 1.94. The van der Waals surface area contributed by atoms with Crippen LogP contribution in [0.15, 0.2) is 36.5 Å². The number of carbonyl (C=O) groups is 2. The van der Waals surface area contributed by atoms with Crippen LogP contribution < -0.4 is 10.2 Å². The Morgan fingerprint density at radius 1 is 1.18 bits per heavy atom. The summed E-state index contributed by atoms with van der Waals surface area (Å²) in [5.74, 6) is -0.135. The summed E-state index contributed by atoms with van der Waals surface area (Å²) >= 11 is 0. The first-order valence-corrected chi connectivity index (χ1v) is 9.38. The third kappa shape index (κ3) is 5.03. The first kappa shape index (κ1) is 19.7. The van der Waals surface area contributed by atoms with Crippen LogP contribution in [-0.4, -0.2) is 53.4 Å². The van der Waals surface area contributed by atoms with Gasteiger partial charge in [-0.1, -0.05) is 12.1 Å². The maximum Gasteiger partial charge on any atom is 0.257 e. The van der Waals surface area contributed by atoms with Crippen molar-refractivity contribution in [2.45, 2.75) is 25.8 Å². The molecule has 28 heavy (non-hydrogen) atoms. The minimum absolute atomic E-state index is 0.0598. The second-order valence-electron chi connectivity index (χ2n) is 6.80. The van der Waals surface area contributed by atoms with E-state index in [1.165, 1.54) is 36.6 Å². The zero-order chi connectivity index (χ0) is 19.9. The van der Waals surface area contributed by atoms with Crippen molar-refractivity contribution in [3.8, 4) is 0 Å². The van der Waals surface area contributed by atoms with Gasteiger partial charge in [-0.25, -0.2) is 14.4 Å². The van der Waals surface area contributed by atoms with Crippen molar-refractivity contribution >= 4 is 17.6 Å². The van der Waals surface area contributed by atoms with E-state index >= 15 is 0 Å². The Hall–Kier alpha value is -3.03. The molecule has 0 spiro atoms. The molecule has 3 rings (SSSR count). The summed E-state index contributed by atoms with van der Waals surface area (Å²) in [5, 5.41) is 2.71. The maximum atomic E-state index is 13.7. The predicted molar refractivity (Wildman–Crippen MR) is 103 cm³/mol. The Bertz CT molecular complexity index is 839. The number of benzene rings is 1. The molecule has 1 aliphatic rings. The van der Waals surface area contributed by atoms with E-state index in [2.05, 4.69) is 20.2 Å². The van der Waals surface area contributed by atoms with Crippen molar-refractivity contribution in [2.75, 3.05) is 31.6 Å². The summed E-state index contributed by atoms with van der Waals surface area (Å²) in [5.41, 5.74) is -0.0598. The van der Waals surface area contributed by atoms with E-state index in [4.69, 9.17) is 0 Å². The Morgan fingerprint density at radius 3 is 2.68 bits per heavy atom. The second kappa shape index (κ2) is 9.25. The number of carbonyl (C=O) groups excluding carboxylic acids is 2. The van der Waals surface area contributed by atoms with E-state index in [0.717, 1.165) is 31.7 Å². The molecule has 2 aromatic rings. The van der Waals surface area contributed by atoms with Crippen molar-refractivity contribution in [1.29, 1.82) is 0 Å². The van der Waals surface area contributed by atoms with Gasteiger partial charge < -0.3 is 15.1 Å². The molecule has 1 saturated heterocycles. The van der Waals surface area contributed by atoms with Crippen molar-refractivity contribution in [1.82, 2.24) is 20.2 Å². The largest absolute Gasteiger partial charge is 0.357 e. The third-order valence-corrected chi connectivity index (χ3v) is 4.65. The van der Waals surface area contributed by atoms with Gasteiger partial charge >= 0.3 is 0 Å². The fraction of sp³-hybridized carbons (Fsp3) is 0.400. The minimum Gasteiger partial charge on any atom is -0.357 e. The number of rotatable bonds is 6. The number of likely N-dealkylation sites (N-methyl/N-ethyl adjacent to an activating group) is 1. The molecule has 148 valence electrons. The van der Waals surface area contributed by atoms with Crippen LogP contribution in [0.4, 0.5) is 10.2 Å². The third-order valence-electron chi connectivity index (χ3n) is 4.65. The SMILES string of the molecule is CN(CC(=O)NCc1nccc(N2CCCCC2)n1)C(=O)c1ccccc1F. The average molecular weight is 385 g/mol. The zero-order valence-corrected chi connectivity index (χ0v) is 15.9. The Balaban J connectivity index is 1.52. The molecule has 0 saturated carbocycles. The summed E-state index contributed by atoms with van der Waals surface area (Å²) in [7, 11) is 1.46. The van der Waals surface area contributed by atoms with Gasteiger partial charge in [0.1, 0.15) is 17.5 Å². The van der Waals surface area contributed by atoms with Crippen LogP contribution >= 0.6 is 0 Å². The number of amides is 2. The lowest BCUT2D eigenvalue weighted by atomic mass is 10.1. The van der Waals surface area contributed by atoms with E-state index < -0.39 is 11.7 Å². The lowest BCUT2D eigenvalue weighted by molar-refractivity contribution is -0.121. The lowest BCUT2D eigenvalue weighted by Gasteiger charge is -2.27. The molecule has 8 heteroatoms. The number of piperidine rings is 1. The second-order valence-corrected chi connectivity index (χ2v) is 6.80. The van der Waals surface area contributed by atoms with Gasteiger partial charge in [0, 0.05) is 26.3 Å². The van der Waals surface area contributed by atoms with Crippen LogP contribution in [0, 0.1) is 5.82 Å². The number of nitrogens with one attached hydrogen (secondary N) is 1. The number of hydrogen-bond acceptors (Lipinski definition) is 5. The van der Waals surface area contributed by atoms with E-state index in [9.17, 15) is 14.0 Å². The van der Waals surface area contributed by atoms with Gasteiger partial charge in [0.25, 0.3) is 5.91 Å². The normalized spacial score (nSPS) is 13.9. The van der Waals surface area contributed by atoms with Crippen molar-refractivity contribution in [3.05, 3.63) is 53.7 Å². The van der Waals surface area contributed by atoms with Gasteiger partial charge in [0.15, 0.2) is 0 Å². The highest BCUT2D eigenvalue weighted by Crippen LogP contribution is 2.16. The smallest absolute Gasteiger partial charge is 0.257 e. The topological polar surface area (TPSA) is 78.4 Å². The summed E-state index contributed by atoms with van der Waals surface area (Å²) in [4.78, 5) is 36.5. The molecule has 1 N–H and O–H groups in total. The van der Waals surface area contributed by atoms with Crippen LogP contribution in [0.5, 0.6) is 0 Å². The molecule has 1 aromatic carbocycles. The Morgan fingerprint density at radius 2 is 1.93 bits per heavy atom. The van der Waals surface area contributed by atoms with Gasteiger partial charge in [0.05, 0.1) is 18.7 Å². The van der Waals surface area contributed by atoms with Gasteiger partial charge in [-0.05, 0) is 37.5 Å². The fourth-order valence-electron chi connectivity index (χ4n) is 3.13. The van der Waals surface area contributed by atoms with Gasteiger partial charge in [-0.3, -0.25) is 9.59 Å². The molecule has 0 unspecified atom stereocenters. The zero-order valence-electron chi connectivity index (χ0n) is 15.9. The van der Waals surface area contributed by atoms with Crippen molar-refractivity contribution in [2.24, 2.45) is 0 Å². The first-order valence-electron chi connectivity index (χ1n) is 9.38. The lowest BCUT2D eigenvalue weighted by Crippen LogP contribution is -2.38. The number of aromatic nitrogens is 2. The van der Waals surface area contributed by atoms with E-state index in [1.807, 2.05) is 6.07 Å². The van der Waals surface area contributed by atoms with Crippen LogP contribution in [0.2, 0.25) is 0 Å². The molecular weight excluding hydrogens is 361 g/mol. The molecule has 7 nitrogen and oxygen atoms in total. The highest BCUT2D eigenvalue weighted by Gasteiger charge is 2.18. The summed E-state index contributed by atoms with van der Waals surface area (Å²) in [6.07, 6.45) is 5.23. The Kier molecular flexibility index (Phi) is 6.52. The fourth-order valence-corrected chi connectivity index (χ4v) is 3.13. The number of nitrogens with zero attached hydrogens (tertiary/aromatic N) is 4. The first-order chi connectivity index (χ1) is 13.5. The average Bonchev–Trinajstić information content (AvgIpc) is 2.73. The molecule has 1 aliphatic heterocycles. The van der Waals surface area contributed by atoms with Crippen LogP contribution in [0.25, 0.3) is 0 Å². The quantitative estimate of drug-likeness (QED) is 0.823. The molecule has 2 amide bonds. The number of anilines is 1.